The van der Waals surface area contributed by atoms with Crippen LogP contribution >= 0.6 is 0 Å². The molecule has 6 nitrogen and oxygen atoms in total. The summed E-state index contributed by atoms with van der Waals surface area (Å²) in [4.78, 5) is 0. The first kappa shape index (κ1) is 25.3. The molecule has 190 valence electrons. The van der Waals surface area contributed by atoms with Gasteiger partial charge in [-0.1, -0.05) is 66.7 Å². The second-order valence-corrected chi connectivity index (χ2v) is 11.6. The lowest BCUT2D eigenvalue weighted by atomic mass is 9.74. The van der Waals surface area contributed by atoms with Crippen molar-refractivity contribution in [1.29, 1.82) is 0 Å². The van der Waals surface area contributed by atoms with Gasteiger partial charge in [0.15, 0.2) is 9.84 Å². The molecule has 2 atom stereocenters. The molecule has 0 amide bonds. The van der Waals surface area contributed by atoms with Crippen LogP contribution in [0, 0.1) is 0 Å². The van der Waals surface area contributed by atoms with Gasteiger partial charge in [0, 0.05) is 6.32 Å². The number of benzene rings is 3. The van der Waals surface area contributed by atoms with Crippen molar-refractivity contribution in [1.82, 2.24) is 0 Å². The molecule has 0 radical (unpaired) electrons. The molecule has 0 saturated carbocycles. The van der Waals surface area contributed by atoms with Gasteiger partial charge in [0.1, 0.15) is 18.1 Å². The molecule has 0 aliphatic carbocycles. The van der Waals surface area contributed by atoms with Gasteiger partial charge in [-0.15, -0.1) is 0 Å². The third-order valence-electron chi connectivity index (χ3n) is 6.86. The summed E-state index contributed by atoms with van der Waals surface area (Å²) in [5.74, 6) is 0.794. The molecule has 3 aromatic rings. The fraction of sp³-hybridized carbons (Fsp3) is 0.241. The van der Waals surface area contributed by atoms with Gasteiger partial charge in [-0.25, -0.2) is 8.42 Å². The molecule has 1 fully saturated rings. The summed E-state index contributed by atoms with van der Waals surface area (Å²) in [7, 11) is -4.58. The lowest BCUT2D eigenvalue weighted by Gasteiger charge is -2.32. The van der Waals surface area contributed by atoms with Gasteiger partial charge >= 0.3 is 7.12 Å². The Bertz CT molecular complexity index is 1390. The van der Waals surface area contributed by atoms with Gasteiger partial charge in [0.05, 0.1) is 17.1 Å². The number of phenolic OH excluding ortho intramolecular Hbond substituents is 1. The SMILES string of the molecule is O=S1(=O)CC(COc2ccccc2)=C2[C@@H](CC/C(=C/c3ccc(O)cc3)c3ccccc3)OB(O)C[C@@H]21. The predicted molar refractivity (Wildman–Crippen MR) is 146 cm³/mol. The largest absolute Gasteiger partial charge is 0.508 e. The van der Waals surface area contributed by atoms with Crippen molar-refractivity contribution in [3.05, 3.63) is 107 Å². The van der Waals surface area contributed by atoms with E-state index >= 15 is 0 Å². The van der Waals surface area contributed by atoms with E-state index in [-0.39, 0.29) is 24.4 Å². The minimum atomic E-state index is -3.44. The van der Waals surface area contributed by atoms with Crippen molar-refractivity contribution in [3.8, 4) is 11.5 Å². The molecule has 1 saturated heterocycles. The molecule has 0 aromatic heterocycles. The van der Waals surface area contributed by atoms with Gasteiger partial charge in [-0.3, -0.25) is 0 Å². The normalized spacial score (nSPS) is 21.1. The van der Waals surface area contributed by atoms with E-state index in [0.717, 1.165) is 27.8 Å². The lowest BCUT2D eigenvalue weighted by Crippen LogP contribution is -2.42. The smallest absolute Gasteiger partial charge is 0.456 e. The van der Waals surface area contributed by atoms with Crippen molar-refractivity contribution in [2.75, 3.05) is 12.4 Å². The predicted octanol–water partition coefficient (Wildman–Crippen LogP) is 4.76. The number of ether oxygens (including phenoxy) is 1. The molecule has 2 heterocycles. The summed E-state index contributed by atoms with van der Waals surface area (Å²) >= 11 is 0. The number of phenols is 1. The molecule has 8 heteroatoms. The first-order valence-corrected chi connectivity index (χ1v) is 14.1. The quantitative estimate of drug-likeness (QED) is 0.255. The Labute approximate surface area is 218 Å². The molecule has 0 spiro atoms. The van der Waals surface area contributed by atoms with E-state index in [0.29, 0.717) is 18.6 Å². The monoisotopic (exact) mass is 516 g/mol. The summed E-state index contributed by atoms with van der Waals surface area (Å²) in [5, 5.41) is 19.3. The van der Waals surface area contributed by atoms with Crippen LogP contribution < -0.4 is 4.74 Å². The standard InChI is InChI=1S/C29H29BO6S/c31-25-14-11-21(12-15-25)17-23(22-7-3-1-4-8-22)13-16-27-29-24(19-35-26-9-5-2-6-10-26)20-37(33,34)28(29)18-30(32)36-27/h1-12,14-15,17,27-28,31-32H,13,16,18-20H2/b23-17-/t27-,28+/m1/s1. The maximum Gasteiger partial charge on any atom is 0.456 e. The van der Waals surface area contributed by atoms with Crippen LogP contribution in [0.1, 0.15) is 24.0 Å². The summed E-state index contributed by atoms with van der Waals surface area (Å²) in [6, 6.07) is 26.3. The first-order chi connectivity index (χ1) is 17.9. The van der Waals surface area contributed by atoms with E-state index in [4.69, 9.17) is 9.39 Å². The number of hydrogen-bond acceptors (Lipinski definition) is 6. The number of rotatable bonds is 8. The highest BCUT2D eigenvalue weighted by atomic mass is 32.2. The Kier molecular flexibility index (Phi) is 7.51. The van der Waals surface area contributed by atoms with Crippen molar-refractivity contribution in [2.24, 2.45) is 0 Å². The van der Waals surface area contributed by atoms with Crippen molar-refractivity contribution >= 4 is 28.6 Å². The molecule has 2 N–H and O–H groups in total. The van der Waals surface area contributed by atoms with E-state index in [9.17, 15) is 18.5 Å². The molecule has 0 unspecified atom stereocenters. The van der Waals surface area contributed by atoms with Crippen LogP contribution in [0.5, 0.6) is 11.5 Å². The average molecular weight is 516 g/mol. The van der Waals surface area contributed by atoms with Crippen LogP contribution in [0.25, 0.3) is 11.6 Å². The lowest BCUT2D eigenvalue weighted by molar-refractivity contribution is 0.170. The van der Waals surface area contributed by atoms with E-state index in [2.05, 4.69) is 6.08 Å². The fourth-order valence-corrected chi connectivity index (χ4v) is 7.20. The first-order valence-electron chi connectivity index (χ1n) is 12.4. The van der Waals surface area contributed by atoms with E-state index in [1.54, 1.807) is 12.1 Å². The van der Waals surface area contributed by atoms with Crippen molar-refractivity contribution in [3.63, 3.8) is 0 Å². The molecule has 5 rings (SSSR count). The maximum atomic E-state index is 13.0. The summed E-state index contributed by atoms with van der Waals surface area (Å²) < 4.78 is 37.9. The zero-order valence-electron chi connectivity index (χ0n) is 20.4. The van der Waals surface area contributed by atoms with Crippen LogP contribution in [0.15, 0.2) is 96.1 Å². The zero-order chi connectivity index (χ0) is 25.8. The summed E-state index contributed by atoms with van der Waals surface area (Å²) in [6.45, 7) is 0.167. The number of fused-ring (bicyclic) bond motifs is 1. The molecule has 3 aromatic carbocycles. The maximum absolute atomic E-state index is 13.0. The van der Waals surface area contributed by atoms with Gasteiger partial charge in [0.2, 0.25) is 0 Å². The summed E-state index contributed by atoms with van der Waals surface area (Å²) in [6.07, 6.45) is 2.67. The molecule has 37 heavy (non-hydrogen) atoms. The van der Waals surface area contributed by atoms with Crippen LogP contribution in [0.3, 0.4) is 0 Å². The summed E-state index contributed by atoms with van der Waals surface area (Å²) in [5.41, 5.74) is 4.49. The van der Waals surface area contributed by atoms with E-state index in [1.165, 1.54) is 0 Å². The van der Waals surface area contributed by atoms with E-state index in [1.807, 2.05) is 72.8 Å². The zero-order valence-corrected chi connectivity index (χ0v) is 21.2. The highest BCUT2D eigenvalue weighted by Crippen LogP contribution is 2.40. The Morgan fingerprint density at radius 3 is 2.38 bits per heavy atom. The van der Waals surface area contributed by atoms with Crippen molar-refractivity contribution in [2.45, 2.75) is 30.5 Å². The molecule has 2 aliphatic heterocycles. The highest BCUT2D eigenvalue weighted by molar-refractivity contribution is 7.92. The Hall–Kier alpha value is -3.33. The van der Waals surface area contributed by atoms with Gasteiger partial charge in [-0.2, -0.15) is 0 Å². The Balaban J connectivity index is 1.42. The van der Waals surface area contributed by atoms with Crippen LogP contribution in [-0.4, -0.2) is 49.4 Å². The molecular formula is C29H29BO6S. The number of allylic oxidation sites excluding steroid dienone is 1. The second kappa shape index (κ2) is 11.0. The number of para-hydroxylation sites is 1. The average Bonchev–Trinajstić information content (AvgIpc) is 3.17. The van der Waals surface area contributed by atoms with E-state index < -0.39 is 28.3 Å². The van der Waals surface area contributed by atoms with Gasteiger partial charge < -0.3 is 19.5 Å². The Morgan fingerprint density at radius 2 is 1.68 bits per heavy atom. The second-order valence-electron chi connectivity index (χ2n) is 9.44. The topological polar surface area (TPSA) is 93.1 Å². The van der Waals surface area contributed by atoms with Crippen molar-refractivity contribution < 1.29 is 27.9 Å². The van der Waals surface area contributed by atoms with Gasteiger partial charge in [0.25, 0.3) is 0 Å². The number of sulfone groups is 1. The Morgan fingerprint density at radius 1 is 1.00 bits per heavy atom. The third-order valence-corrected chi connectivity index (χ3v) is 8.92. The van der Waals surface area contributed by atoms with Crippen LogP contribution in [0.4, 0.5) is 0 Å². The highest BCUT2D eigenvalue weighted by Gasteiger charge is 2.48. The fourth-order valence-electron chi connectivity index (χ4n) is 5.10. The van der Waals surface area contributed by atoms with Gasteiger partial charge in [-0.05, 0) is 65.0 Å². The van der Waals surface area contributed by atoms with Crippen LogP contribution in [0.2, 0.25) is 6.32 Å². The minimum Gasteiger partial charge on any atom is -0.508 e. The third kappa shape index (κ3) is 5.98. The number of hydrogen-bond donors (Lipinski definition) is 2. The molecule has 0 bridgehead atoms. The molecular weight excluding hydrogens is 487 g/mol. The van der Waals surface area contributed by atoms with Crippen LogP contribution in [-0.2, 0) is 14.5 Å². The molecule has 2 aliphatic rings. The number of aromatic hydroxyl groups is 1. The minimum absolute atomic E-state index is 0.0396.